The third-order valence-electron chi connectivity index (χ3n) is 5.80. The van der Waals surface area contributed by atoms with Gasteiger partial charge in [0.15, 0.2) is 11.6 Å². The lowest BCUT2D eigenvalue weighted by atomic mass is 10.0. The molecule has 0 atom stereocenters. The molecule has 0 fully saturated rings. The van der Waals surface area contributed by atoms with E-state index in [2.05, 4.69) is 0 Å². The van der Waals surface area contributed by atoms with E-state index in [0.717, 1.165) is 24.3 Å². The Labute approximate surface area is 255 Å². The normalized spacial score (nSPS) is 10.9. The van der Waals surface area contributed by atoms with Crippen molar-refractivity contribution < 1.29 is 61.9 Å². The molecule has 0 bridgehead atoms. The van der Waals surface area contributed by atoms with Crippen molar-refractivity contribution in [1.82, 2.24) is 0 Å². The molecule has 0 saturated heterocycles. The van der Waals surface area contributed by atoms with Crippen LogP contribution in [0.25, 0.3) is 0 Å². The van der Waals surface area contributed by atoms with E-state index in [1.165, 1.54) is 24.3 Å². The maximum atomic E-state index is 12.4. The van der Waals surface area contributed by atoms with Crippen molar-refractivity contribution in [3.8, 4) is 11.5 Å². The molecule has 45 heavy (non-hydrogen) atoms. The predicted octanol–water partition coefficient (Wildman–Crippen LogP) is 1.11. The van der Waals surface area contributed by atoms with Gasteiger partial charge in [-0.05, 0) is 24.3 Å². The van der Waals surface area contributed by atoms with Crippen LogP contribution in [0.5, 0.6) is 11.5 Å². The summed E-state index contributed by atoms with van der Waals surface area (Å²) in [7, 11) is -8.82. The fourth-order valence-electron chi connectivity index (χ4n) is 3.82. The van der Waals surface area contributed by atoms with Crippen LogP contribution in [0.1, 0.15) is 52.6 Å². The summed E-state index contributed by atoms with van der Waals surface area (Å²) in [4.78, 5) is 45.2. The van der Waals surface area contributed by atoms with Crippen LogP contribution in [-0.2, 0) is 20.0 Å². The molecule has 236 valence electrons. The molecule has 4 aromatic rings. The molecule has 10 N–H and O–H groups in total. The van der Waals surface area contributed by atoms with Gasteiger partial charge in [-0.25, -0.2) is 36.7 Å². The summed E-state index contributed by atoms with van der Waals surface area (Å²) in [6.45, 7) is 0. The lowest BCUT2D eigenvalue weighted by Crippen LogP contribution is -2.18. The molecule has 0 aliphatic heterocycles. The topological polar surface area (TPSA) is 301 Å². The largest absolute Gasteiger partial charge is 0.507 e. The first-order valence-corrected chi connectivity index (χ1v) is 15.0. The summed E-state index contributed by atoms with van der Waals surface area (Å²) in [5.41, 5.74) is -1.84. The number of nitrogens with two attached hydrogens (primary N) is 2. The third kappa shape index (κ3) is 8.34. The van der Waals surface area contributed by atoms with E-state index in [0.29, 0.717) is 0 Å². The molecule has 15 nitrogen and oxygen atoms in total. The van der Waals surface area contributed by atoms with Gasteiger partial charge in [-0.2, -0.15) is 0 Å². The number of benzene rings is 4. The molecule has 0 aliphatic carbocycles. The summed E-state index contributed by atoms with van der Waals surface area (Å²) in [5, 5.41) is 47.7. The van der Waals surface area contributed by atoms with Crippen LogP contribution in [0.2, 0.25) is 0 Å². The lowest BCUT2D eigenvalue weighted by molar-refractivity contribution is 0.0685. The Morgan fingerprint density at radius 1 is 0.511 bits per heavy atom. The van der Waals surface area contributed by atoms with Crippen molar-refractivity contribution in [3.05, 3.63) is 118 Å². The highest BCUT2D eigenvalue weighted by molar-refractivity contribution is 7.89. The first-order chi connectivity index (χ1) is 20.4. The number of primary sulfonamides is 2. The first kappa shape index (κ1) is 35.7. The van der Waals surface area contributed by atoms with Gasteiger partial charge in [0, 0.05) is 11.1 Å². The van der Waals surface area contributed by atoms with Gasteiger partial charge in [-0.15, -0.1) is 0 Å². The Morgan fingerprint density at radius 2 is 0.800 bits per heavy atom. The monoisotopic (exact) mass is 660 g/mol. The summed E-state index contributed by atoms with van der Waals surface area (Å²) < 4.78 is 46.6. The second-order valence-electron chi connectivity index (χ2n) is 8.83. The zero-order valence-corrected chi connectivity index (χ0v) is 24.2. The van der Waals surface area contributed by atoms with Gasteiger partial charge in [0.05, 0.1) is 32.0 Å². The van der Waals surface area contributed by atoms with Crippen molar-refractivity contribution in [2.75, 3.05) is 0 Å². The van der Waals surface area contributed by atoms with E-state index < -0.39 is 87.1 Å². The number of carboxylic acid groups (broad SMARTS) is 2. The highest BCUT2D eigenvalue weighted by atomic mass is 32.2. The lowest BCUT2D eigenvalue weighted by Gasteiger charge is -2.10. The van der Waals surface area contributed by atoms with E-state index in [4.69, 9.17) is 20.5 Å². The number of sulfonamides is 2. The number of rotatable bonds is 8. The fraction of sp³-hybridized carbons (Fsp3) is 0. The van der Waals surface area contributed by atoms with E-state index in [-0.39, 0.29) is 16.6 Å². The van der Waals surface area contributed by atoms with Crippen LogP contribution >= 0.6 is 0 Å². The van der Waals surface area contributed by atoms with E-state index >= 15 is 0 Å². The van der Waals surface area contributed by atoms with Crippen molar-refractivity contribution in [2.45, 2.75) is 9.79 Å². The van der Waals surface area contributed by atoms with Gasteiger partial charge in [0.25, 0.3) is 0 Å². The Hall–Kier alpha value is -5.46. The van der Waals surface area contributed by atoms with Gasteiger partial charge >= 0.3 is 11.9 Å². The summed E-state index contributed by atoms with van der Waals surface area (Å²) in [5.74, 6) is -6.01. The summed E-state index contributed by atoms with van der Waals surface area (Å²) in [6, 6.07) is 18.4. The van der Waals surface area contributed by atoms with E-state index in [1.54, 1.807) is 36.4 Å². The molecule has 0 saturated carbocycles. The number of aromatic carboxylic acids is 2. The van der Waals surface area contributed by atoms with Gasteiger partial charge in [0.1, 0.15) is 11.5 Å². The number of carbonyl (C=O) groups excluding carboxylic acids is 2. The summed E-state index contributed by atoms with van der Waals surface area (Å²) in [6.07, 6.45) is 0. The number of phenols is 2. The molecule has 0 radical (unpaired) electrons. The molecule has 0 heterocycles. The number of aromatic hydroxyl groups is 2. The minimum absolute atomic E-state index is 0. The van der Waals surface area contributed by atoms with Crippen LogP contribution in [0.3, 0.4) is 0 Å². The average molecular weight is 661 g/mol. The second-order valence-corrected chi connectivity index (χ2v) is 11.9. The Morgan fingerprint density at radius 3 is 1.04 bits per heavy atom. The van der Waals surface area contributed by atoms with Gasteiger partial charge in [-0.3, -0.25) is 9.59 Å². The number of carboxylic acids is 2. The molecule has 4 aromatic carbocycles. The number of carbonyl (C=O) groups is 4. The number of hydrogen-bond donors (Lipinski definition) is 6. The maximum absolute atomic E-state index is 12.4. The number of hydrogen-bond acceptors (Lipinski definition) is 10. The highest BCUT2D eigenvalue weighted by Crippen LogP contribution is 2.30. The van der Waals surface area contributed by atoms with Crippen molar-refractivity contribution in [2.24, 2.45) is 10.3 Å². The van der Waals surface area contributed by atoms with Gasteiger partial charge in [-0.1, -0.05) is 60.7 Å². The standard InChI is InChI=1S/2C14H11NO6S.H2O/c2*15-22(20,21)11-7-9(14(18)19)6-10(16)12(11)13(17)8-4-2-1-3-5-8;/h2*1-7,16H,(H,18,19)(H2,15,20,21);1H2. The smallest absolute Gasteiger partial charge is 0.335 e. The zero-order chi connectivity index (χ0) is 33.0. The summed E-state index contributed by atoms with van der Waals surface area (Å²) >= 11 is 0. The predicted molar refractivity (Wildman–Crippen MR) is 156 cm³/mol. The van der Waals surface area contributed by atoms with Crippen LogP contribution in [0.15, 0.2) is 94.7 Å². The molecule has 0 unspecified atom stereocenters. The second kappa shape index (κ2) is 13.9. The van der Waals surface area contributed by atoms with E-state index in [1.807, 2.05) is 0 Å². The SMILES string of the molecule is NS(=O)(=O)c1cc(C(=O)O)cc(O)c1C(=O)c1ccccc1.NS(=O)(=O)c1cc(C(=O)O)cc(O)c1C(=O)c1ccccc1.O. The molecule has 0 aromatic heterocycles. The minimum atomic E-state index is -4.41. The average Bonchev–Trinajstić information content (AvgIpc) is 2.96. The molecule has 0 aliphatic rings. The van der Waals surface area contributed by atoms with Crippen LogP contribution < -0.4 is 10.3 Å². The maximum Gasteiger partial charge on any atom is 0.335 e. The molecular weight excluding hydrogens is 636 g/mol. The molecule has 4 rings (SSSR count). The Kier molecular flexibility index (Phi) is 11.0. The Balaban J connectivity index is 0.000000307. The first-order valence-electron chi connectivity index (χ1n) is 11.9. The number of phenolic OH excluding ortho intramolecular Hbond substituents is 2. The number of ketones is 2. The van der Waals surface area contributed by atoms with Crippen molar-refractivity contribution in [3.63, 3.8) is 0 Å². The quantitative estimate of drug-likeness (QED) is 0.145. The Bertz CT molecular complexity index is 1870. The molecule has 0 spiro atoms. The molecular formula is C28H24N2O13S2. The zero-order valence-electron chi connectivity index (χ0n) is 22.6. The molecule has 0 amide bonds. The van der Waals surface area contributed by atoms with Crippen LogP contribution in [0, 0.1) is 0 Å². The van der Waals surface area contributed by atoms with Crippen LogP contribution in [-0.4, -0.2) is 66.2 Å². The van der Waals surface area contributed by atoms with Gasteiger partial charge in [0.2, 0.25) is 20.0 Å². The van der Waals surface area contributed by atoms with Crippen LogP contribution in [0.4, 0.5) is 0 Å². The fourth-order valence-corrected chi connectivity index (χ4v) is 5.37. The van der Waals surface area contributed by atoms with Gasteiger partial charge < -0.3 is 25.9 Å². The molecule has 17 heteroatoms. The van der Waals surface area contributed by atoms with Crippen molar-refractivity contribution in [1.29, 1.82) is 0 Å². The minimum Gasteiger partial charge on any atom is -0.507 e. The third-order valence-corrected chi connectivity index (χ3v) is 7.67. The highest BCUT2D eigenvalue weighted by Gasteiger charge is 2.28. The van der Waals surface area contributed by atoms with Crippen molar-refractivity contribution >= 4 is 43.6 Å². The van der Waals surface area contributed by atoms with E-state index in [9.17, 15) is 46.2 Å².